The zero-order valence-electron chi connectivity index (χ0n) is 16.2. The van der Waals surface area contributed by atoms with Crippen molar-refractivity contribution in [2.45, 2.75) is 50.6 Å². The van der Waals surface area contributed by atoms with Gasteiger partial charge in [0, 0.05) is 18.2 Å². The van der Waals surface area contributed by atoms with E-state index in [4.69, 9.17) is 9.47 Å². The number of fused-ring (bicyclic) bond motifs is 1. The molecule has 3 atom stereocenters. The third kappa shape index (κ3) is 4.86. The van der Waals surface area contributed by atoms with Gasteiger partial charge in [-0.3, -0.25) is 14.9 Å². The van der Waals surface area contributed by atoms with E-state index in [0.29, 0.717) is 42.0 Å². The number of hydrogen-bond donors (Lipinski definition) is 2. The Morgan fingerprint density at radius 1 is 1.25 bits per heavy atom. The first-order chi connectivity index (χ1) is 13.0. The van der Waals surface area contributed by atoms with Crippen LogP contribution in [-0.2, 0) is 11.2 Å². The van der Waals surface area contributed by atoms with Gasteiger partial charge in [0.25, 0.3) is 5.69 Å². The lowest BCUT2D eigenvalue weighted by atomic mass is 9.85. The van der Waals surface area contributed by atoms with Gasteiger partial charge in [0.05, 0.1) is 31.3 Å². The third-order valence-corrected chi connectivity index (χ3v) is 5.65. The number of nitrogens with zero attached hydrogens (tertiary/aromatic N) is 1. The fourth-order valence-electron chi connectivity index (χ4n) is 4.25. The summed E-state index contributed by atoms with van der Waals surface area (Å²) < 4.78 is 10.4. The van der Waals surface area contributed by atoms with Gasteiger partial charge in [0.15, 0.2) is 11.5 Å². The van der Waals surface area contributed by atoms with Crippen molar-refractivity contribution in [2.24, 2.45) is 5.92 Å². The van der Waals surface area contributed by atoms with E-state index < -0.39 is 4.92 Å². The van der Waals surface area contributed by atoms with E-state index in [1.807, 2.05) is 0 Å². The average Bonchev–Trinajstić information content (AvgIpc) is 3.11. The van der Waals surface area contributed by atoms with Crippen LogP contribution in [0.3, 0.4) is 0 Å². The maximum absolute atomic E-state index is 12.5. The minimum absolute atomic E-state index is 0. The molecular weight excluding hydrogens is 386 g/mol. The molecule has 2 fully saturated rings. The SMILES string of the molecule is COc1cc(CCNC(=O)C2CC3CCCCC3N2)c([N+](=O)[O-])cc1OC.Cl. The molecule has 1 aliphatic carbocycles. The number of carbonyl (C=O) groups excluding carboxylic acids is 1. The molecule has 0 bridgehead atoms. The van der Waals surface area contributed by atoms with E-state index in [1.54, 1.807) is 6.07 Å². The molecule has 1 heterocycles. The zero-order valence-corrected chi connectivity index (χ0v) is 17.0. The second-order valence-corrected chi connectivity index (χ2v) is 7.24. The highest BCUT2D eigenvalue weighted by atomic mass is 35.5. The van der Waals surface area contributed by atoms with Gasteiger partial charge in [-0.2, -0.15) is 0 Å². The minimum Gasteiger partial charge on any atom is -0.493 e. The van der Waals surface area contributed by atoms with Crippen LogP contribution < -0.4 is 20.1 Å². The van der Waals surface area contributed by atoms with E-state index in [-0.39, 0.29) is 30.0 Å². The van der Waals surface area contributed by atoms with E-state index >= 15 is 0 Å². The quantitative estimate of drug-likeness (QED) is 0.526. The summed E-state index contributed by atoms with van der Waals surface area (Å²) in [7, 11) is 2.92. The van der Waals surface area contributed by atoms with Gasteiger partial charge in [-0.15, -0.1) is 12.4 Å². The van der Waals surface area contributed by atoms with Crippen LogP contribution >= 0.6 is 12.4 Å². The molecule has 0 spiro atoms. The Labute approximate surface area is 170 Å². The van der Waals surface area contributed by atoms with Crippen LogP contribution in [0.15, 0.2) is 12.1 Å². The molecule has 0 aromatic heterocycles. The molecule has 9 heteroatoms. The molecule has 3 unspecified atom stereocenters. The van der Waals surface area contributed by atoms with Crippen LogP contribution in [0.2, 0.25) is 0 Å². The van der Waals surface area contributed by atoms with Gasteiger partial charge in [-0.05, 0) is 37.7 Å². The zero-order chi connectivity index (χ0) is 19.4. The van der Waals surface area contributed by atoms with Crippen molar-refractivity contribution < 1.29 is 19.2 Å². The van der Waals surface area contributed by atoms with Crippen molar-refractivity contribution in [3.8, 4) is 11.5 Å². The topological polar surface area (TPSA) is 103 Å². The Morgan fingerprint density at radius 2 is 1.93 bits per heavy atom. The predicted octanol–water partition coefficient (Wildman–Crippen LogP) is 2.61. The van der Waals surface area contributed by atoms with Crippen LogP contribution in [0.4, 0.5) is 5.69 Å². The number of amides is 1. The monoisotopic (exact) mass is 413 g/mol. The number of nitrogens with one attached hydrogen (secondary N) is 2. The molecule has 1 aromatic carbocycles. The number of methoxy groups -OCH3 is 2. The lowest BCUT2D eigenvalue weighted by molar-refractivity contribution is -0.385. The first kappa shape index (κ1) is 22.2. The number of hydrogen-bond acceptors (Lipinski definition) is 6. The first-order valence-corrected chi connectivity index (χ1v) is 9.46. The lowest BCUT2D eigenvalue weighted by Gasteiger charge is -2.24. The number of benzene rings is 1. The summed E-state index contributed by atoms with van der Waals surface area (Å²) in [5.74, 6) is 1.33. The number of rotatable bonds is 7. The van der Waals surface area contributed by atoms with Gasteiger partial charge in [0.2, 0.25) is 5.91 Å². The summed E-state index contributed by atoms with van der Waals surface area (Å²) in [6.45, 7) is 0.336. The largest absolute Gasteiger partial charge is 0.493 e. The van der Waals surface area contributed by atoms with Gasteiger partial charge >= 0.3 is 0 Å². The maximum Gasteiger partial charge on any atom is 0.276 e. The number of nitro benzene ring substituents is 1. The average molecular weight is 414 g/mol. The molecule has 1 amide bonds. The summed E-state index contributed by atoms with van der Waals surface area (Å²) >= 11 is 0. The summed E-state index contributed by atoms with van der Waals surface area (Å²) in [5, 5.41) is 17.7. The second-order valence-electron chi connectivity index (χ2n) is 7.24. The Hall–Kier alpha value is -2.06. The fourth-order valence-corrected chi connectivity index (χ4v) is 4.25. The molecule has 3 rings (SSSR count). The van der Waals surface area contributed by atoms with Crippen molar-refractivity contribution >= 4 is 24.0 Å². The minimum atomic E-state index is -0.442. The summed E-state index contributed by atoms with van der Waals surface area (Å²) in [6, 6.07) is 3.27. The van der Waals surface area contributed by atoms with Crippen LogP contribution in [0, 0.1) is 16.0 Å². The summed E-state index contributed by atoms with van der Waals surface area (Å²) in [5.41, 5.74) is 0.470. The number of ether oxygens (including phenoxy) is 2. The second kappa shape index (κ2) is 9.93. The van der Waals surface area contributed by atoms with E-state index in [1.165, 1.54) is 39.5 Å². The van der Waals surface area contributed by atoms with Crippen molar-refractivity contribution in [1.29, 1.82) is 0 Å². The number of halogens is 1. The van der Waals surface area contributed by atoms with Crippen LogP contribution in [-0.4, -0.2) is 43.7 Å². The highest BCUT2D eigenvalue weighted by Crippen LogP contribution is 2.35. The van der Waals surface area contributed by atoms with Crippen molar-refractivity contribution in [1.82, 2.24) is 10.6 Å². The number of nitro groups is 1. The van der Waals surface area contributed by atoms with E-state index in [2.05, 4.69) is 10.6 Å². The third-order valence-electron chi connectivity index (χ3n) is 5.65. The molecular formula is C19H28ClN3O5. The highest BCUT2D eigenvalue weighted by Gasteiger charge is 2.38. The number of carbonyl (C=O) groups is 1. The molecule has 2 aliphatic rings. The van der Waals surface area contributed by atoms with Crippen molar-refractivity contribution in [3.05, 3.63) is 27.8 Å². The van der Waals surface area contributed by atoms with Crippen LogP contribution in [0.1, 0.15) is 37.7 Å². The maximum atomic E-state index is 12.5. The molecule has 28 heavy (non-hydrogen) atoms. The Kier molecular flexibility index (Phi) is 7.88. The lowest BCUT2D eigenvalue weighted by Crippen LogP contribution is -2.43. The molecule has 1 aromatic rings. The van der Waals surface area contributed by atoms with E-state index in [0.717, 1.165) is 12.8 Å². The van der Waals surface area contributed by atoms with Gasteiger partial charge in [0.1, 0.15) is 0 Å². The highest BCUT2D eigenvalue weighted by molar-refractivity contribution is 5.85. The molecule has 1 aliphatic heterocycles. The fraction of sp³-hybridized carbons (Fsp3) is 0.632. The van der Waals surface area contributed by atoms with Gasteiger partial charge in [-0.1, -0.05) is 12.8 Å². The molecule has 1 saturated carbocycles. The van der Waals surface area contributed by atoms with Crippen LogP contribution in [0.5, 0.6) is 11.5 Å². The van der Waals surface area contributed by atoms with Gasteiger partial charge in [-0.25, -0.2) is 0 Å². The smallest absolute Gasteiger partial charge is 0.276 e. The summed E-state index contributed by atoms with van der Waals surface area (Å²) in [4.78, 5) is 23.4. The van der Waals surface area contributed by atoms with Gasteiger partial charge < -0.3 is 20.1 Å². The molecule has 1 saturated heterocycles. The first-order valence-electron chi connectivity index (χ1n) is 9.46. The van der Waals surface area contributed by atoms with Crippen molar-refractivity contribution in [3.63, 3.8) is 0 Å². The molecule has 0 radical (unpaired) electrons. The molecule has 8 nitrogen and oxygen atoms in total. The summed E-state index contributed by atoms with van der Waals surface area (Å²) in [6.07, 6.45) is 6.05. The van der Waals surface area contributed by atoms with E-state index in [9.17, 15) is 14.9 Å². The Morgan fingerprint density at radius 3 is 2.57 bits per heavy atom. The molecule has 2 N–H and O–H groups in total. The Balaban J connectivity index is 0.00000280. The predicted molar refractivity (Wildman–Crippen MR) is 107 cm³/mol. The normalized spacial score (nSPS) is 23.3. The van der Waals surface area contributed by atoms with Crippen molar-refractivity contribution in [2.75, 3.05) is 20.8 Å². The standard InChI is InChI=1S/C19H27N3O5.ClH/c1-26-17-10-13(16(22(24)25)11-18(17)27-2)7-8-20-19(23)15-9-12-5-3-4-6-14(12)21-15;/h10-12,14-15,21H,3-9H2,1-2H3,(H,20,23);1H. The Bertz CT molecular complexity index is 701. The molecule has 156 valence electrons. The van der Waals surface area contributed by atoms with Crippen LogP contribution in [0.25, 0.3) is 0 Å².